The Balaban J connectivity index is 2.49. The zero-order valence-corrected chi connectivity index (χ0v) is 15.5. The van der Waals surface area contributed by atoms with Crippen LogP contribution in [-0.2, 0) is 11.0 Å². The maximum atomic E-state index is 12.7. The second-order valence-electron chi connectivity index (χ2n) is 7.13. The van der Waals surface area contributed by atoms with Gasteiger partial charge >= 0.3 is 0 Å². The predicted molar refractivity (Wildman–Crippen MR) is 99.8 cm³/mol. The van der Waals surface area contributed by atoms with Crippen molar-refractivity contribution in [3.05, 3.63) is 71.3 Å². The van der Waals surface area contributed by atoms with Gasteiger partial charge in [0.05, 0.1) is 21.8 Å². The topological polar surface area (TPSA) is 29.1 Å². The van der Waals surface area contributed by atoms with Crippen LogP contribution in [-0.4, -0.2) is 8.96 Å². The van der Waals surface area contributed by atoms with Crippen molar-refractivity contribution in [3.8, 4) is 0 Å². The second-order valence-corrected chi connectivity index (χ2v) is 9.12. The molecule has 2 atom stereocenters. The molecule has 23 heavy (non-hydrogen) atoms. The Morgan fingerprint density at radius 2 is 1.39 bits per heavy atom. The number of nitrogens with one attached hydrogen (secondary N) is 1. The van der Waals surface area contributed by atoms with Crippen molar-refractivity contribution in [3.63, 3.8) is 0 Å². The normalized spacial score (nSPS) is 14.7. The molecule has 0 amide bonds. The quantitative estimate of drug-likeness (QED) is 0.826. The second kappa shape index (κ2) is 7.41. The van der Waals surface area contributed by atoms with E-state index in [4.69, 9.17) is 0 Å². The van der Waals surface area contributed by atoms with Gasteiger partial charge in [0, 0.05) is 0 Å². The van der Waals surface area contributed by atoms with Crippen LogP contribution >= 0.6 is 0 Å². The monoisotopic (exact) mass is 329 g/mol. The molecule has 0 spiro atoms. The van der Waals surface area contributed by atoms with Crippen molar-refractivity contribution in [2.45, 2.75) is 51.3 Å². The number of rotatable bonds is 5. The van der Waals surface area contributed by atoms with Crippen LogP contribution < -0.4 is 4.72 Å². The molecule has 1 N–H and O–H groups in total. The summed E-state index contributed by atoms with van der Waals surface area (Å²) in [7, 11) is -1.14. The van der Waals surface area contributed by atoms with E-state index in [2.05, 4.69) is 55.0 Å². The van der Waals surface area contributed by atoms with Gasteiger partial charge in [-0.15, -0.1) is 0 Å². The minimum atomic E-state index is -1.14. The molecule has 2 aromatic rings. The highest BCUT2D eigenvalue weighted by molar-refractivity contribution is 7.84. The third-order valence-electron chi connectivity index (χ3n) is 3.84. The van der Waals surface area contributed by atoms with Gasteiger partial charge in [-0.1, -0.05) is 68.4 Å². The maximum absolute atomic E-state index is 12.7. The molecule has 2 nitrogen and oxygen atoms in total. The Labute approximate surface area is 142 Å². The van der Waals surface area contributed by atoms with Crippen molar-refractivity contribution >= 4 is 11.0 Å². The highest BCUT2D eigenvalue weighted by Crippen LogP contribution is 2.30. The van der Waals surface area contributed by atoms with Crippen molar-refractivity contribution in [2.75, 3.05) is 0 Å². The highest BCUT2D eigenvalue weighted by atomic mass is 32.2. The average molecular weight is 330 g/mol. The molecule has 3 heteroatoms. The van der Waals surface area contributed by atoms with Gasteiger partial charge in [0.1, 0.15) is 0 Å². The van der Waals surface area contributed by atoms with Crippen LogP contribution in [0, 0.1) is 0 Å². The van der Waals surface area contributed by atoms with Gasteiger partial charge in [0.15, 0.2) is 0 Å². The van der Waals surface area contributed by atoms with Crippen LogP contribution in [0.4, 0.5) is 0 Å². The molecule has 2 aromatic carbocycles. The summed E-state index contributed by atoms with van der Waals surface area (Å²) in [6.07, 6.45) is 0. The number of hydrogen-bond donors (Lipinski definition) is 1. The molecule has 0 unspecified atom stereocenters. The van der Waals surface area contributed by atoms with E-state index in [0.29, 0.717) is 5.92 Å². The van der Waals surface area contributed by atoms with Gasteiger partial charge in [-0.2, -0.15) is 0 Å². The molecule has 0 aliphatic heterocycles. The van der Waals surface area contributed by atoms with E-state index in [1.165, 1.54) is 11.1 Å². The first kappa shape index (κ1) is 17.9. The summed E-state index contributed by atoms with van der Waals surface area (Å²) < 4.78 is 15.8. The molecule has 0 fully saturated rings. The van der Waals surface area contributed by atoms with E-state index in [0.717, 1.165) is 5.56 Å². The lowest BCUT2D eigenvalue weighted by molar-refractivity contribution is 0.621. The lowest BCUT2D eigenvalue weighted by atomic mass is 9.90. The molecular weight excluding hydrogens is 302 g/mol. The minimum absolute atomic E-state index is 0.0742. The zero-order chi connectivity index (χ0) is 17.0. The molecule has 0 aliphatic rings. The Hall–Kier alpha value is -1.45. The molecule has 2 rings (SSSR count). The van der Waals surface area contributed by atoms with E-state index in [-0.39, 0.29) is 10.8 Å². The maximum Gasteiger partial charge on any atom is 0.0979 e. The Morgan fingerprint density at radius 3 is 1.91 bits per heavy atom. The molecule has 0 bridgehead atoms. The molecule has 0 aliphatic carbocycles. The number of hydrogen-bond acceptors (Lipinski definition) is 1. The summed E-state index contributed by atoms with van der Waals surface area (Å²) in [4.78, 5) is 0. The zero-order valence-electron chi connectivity index (χ0n) is 14.7. The summed E-state index contributed by atoms with van der Waals surface area (Å²) in [6.45, 7) is 10.4. The first-order valence-corrected chi connectivity index (χ1v) is 9.27. The van der Waals surface area contributed by atoms with E-state index < -0.39 is 11.0 Å². The van der Waals surface area contributed by atoms with E-state index >= 15 is 0 Å². The van der Waals surface area contributed by atoms with Crippen molar-refractivity contribution in [1.82, 2.24) is 4.72 Å². The van der Waals surface area contributed by atoms with Gasteiger partial charge in [0.2, 0.25) is 0 Å². The third-order valence-corrected chi connectivity index (χ3v) is 5.41. The summed E-state index contributed by atoms with van der Waals surface area (Å²) in [6, 6.07) is 18.6. The van der Waals surface area contributed by atoms with E-state index in [9.17, 15) is 4.21 Å². The minimum Gasteiger partial charge on any atom is -0.242 e. The average Bonchev–Trinajstić information content (AvgIpc) is 2.52. The van der Waals surface area contributed by atoms with E-state index in [1.807, 2.05) is 39.0 Å². The SMILES string of the molecule is CC(C)c1ccccc1[C@@H](N[S@](=O)C(C)(C)C)c1ccccc1. The molecule has 0 aromatic heterocycles. The Morgan fingerprint density at radius 1 is 0.870 bits per heavy atom. The first-order chi connectivity index (χ1) is 10.8. The summed E-state index contributed by atoms with van der Waals surface area (Å²) in [5, 5.41) is 0. The van der Waals surface area contributed by atoms with Gasteiger partial charge < -0.3 is 0 Å². The molecular formula is C20H27NOS. The lowest BCUT2D eigenvalue weighted by Crippen LogP contribution is -2.36. The summed E-state index contributed by atoms with van der Waals surface area (Å²) in [5.74, 6) is 0.419. The van der Waals surface area contributed by atoms with E-state index in [1.54, 1.807) is 0 Å². The van der Waals surface area contributed by atoms with Crippen molar-refractivity contribution in [2.24, 2.45) is 0 Å². The molecule has 0 heterocycles. The van der Waals surface area contributed by atoms with Crippen molar-refractivity contribution < 1.29 is 4.21 Å². The van der Waals surface area contributed by atoms with Crippen LogP contribution in [0.3, 0.4) is 0 Å². The van der Waals surface area contributed by atoms with Crippen LogP contribution in [0.15, 0.2) is 54.6 Å². The summed E-state index contributed by atoms with van der Waals surface area (Å²) >= 11 is 0. The summed E-state index contributed by atoms with van der Waals surface area (Å²) in [5.41, 5.74) is 3.63. The van der Waals surface area contributed by atoms with Gasteiger partial charge in [-0.25, -0.2) is 8.93 Å². The smallest absolute Gasteiger partial charge is 0.0979 e. The van der Waals surface area contributed by atoms with Gasteiger partial charge in [-0.05, 0) is 43.4 Å². The van der Waals surface area contributed by atoms with Crippen LogP contribution in [0.5, 0.6) is 0 Å². The molecule has 0 radical (unpaired) electrons. The third kappa shape index (κ3) is 4.52. The van der Waals surface area contributed by atoms with Crippen molar-refractivity contribution in [1.29, 1.82) is 0 Å². The van der Waals surface area contributed by atoms with Crippen LogP contribution in [0.25, 0.3) is 0 Å². The highest BCUT2D eigenvalue weighted by Gasteiger charge is 2.26. The standard InChI is InChI=1S/C20H27NOS/c1-15(2)17-13-9-10-14-18(17)19(16-11-7-6-8-12-16)21-23(22)20(3,4)5/h6-15,19,21H,1-5H3/t19-,23+/m0/s1. The molecule has 0 saturated heterocycles. The Kier molecular flexibility index (Phi) is 5.77. The first-order valence-electron chi connectivity index (χ1n) is 8.12. The lowest BCUT2D eigenvalue weighted by Gasteiger charge is -2.27. The van der Waals surface area contributed by atoms with Gasteiger partial charge in [0.25, 0.3) is 0 Å². The Bertz CT molecular complexity index is 659. The fourth-order valence-corrected chi connectivity index (χ4v) is 3.37. The predicted octanol–water partition coefficient (Wildman–Crippen LogP) is 4.95. The number of benzene rings is 2. The van der Waals surface area contributed by atoms with Crippen LogP contribution in [0.1, 0.15) is 63.3 Å². The fraction of sp³-hybridized carbons (Fsp3) is 0.400. The van der Waals surface area contributed by atoms with Gasteiger partial charge in [-0.3, -0.25) is 0 Å². The fourth-order valence-electron chi connectivity index (χ4n) is 2.54. The largest absolute Gasteiger partial charge is 0.242 e. The molecule has 0 saturated carbocycles. The molecule has 124 valence electrons. The van der Waals surface area contributed by atoms with Crippen LogP contribution in [0.2, 0.25) is 0 Å².